The summed E-state index contributed by atoms with van der Waals surface area (Å²) in [5.74, 6) is -0.250. The second kappa shape index (κ2) is 2.82. The van der Waals surface area contributed by atoms with Gasteiger partial charge in [-0.1, -0.05) is 6.92 Å². The van der Waals surface area contributed by atoms with Crippen LogP contribution in [0.3, 0.4) is 0 Å². The molecule has 0 amide bonds. The van der Waals surface area contributed by atoms with Crippen molar-refractivity contribution in [1.29, 1.82) is 0 Å². The minimum absolute atomic E-state index is 0.124. The lowest BCUT2D eigenvalue weighted by Gasteiger charge is -2.20. The summed E-state index contributed by atoms with van der Waals surface area (Å²) in [7, 11) is 0. The van der Waals surface area contributed by atoms with Gasteiger partial charge in [-0.2, -0.15) is 0 Å². The molecule has 1 aliphatic heterocycles. The summed E-state index contributed by atoms with van der Waals surface area (Å²) in [6, 6.07) is 0. The maximum absolute atomic E-state index is 10.4. The van der Waals surface area contributed by atoms with Crippen molar-refractivity contribution in [2.45, 2.75) is 19.4 Å². The van der Waals surface area contributed by atoms with Gasteiger partial charge < -0.3 is 9.47 Å². The molecule has 0 aromatic carbocycles. The highest BCUT2D eigenvalue weighted by Crippen LogP contribution is 2.04. The molecular weight excluding hydrogens is 120 g/mol. The SMILES string of the molecule is CCC1COC(=O)CO1. The van der Waals surface area contributed by atoms with E-state index in [0.717, 1.165) is 6.42 Å². The molecule has 3 heteroatoms. The number of cyclic esters (lactones) is 1. The van der Waals surface area contributed by atoms with Crippen LogP contribution in [0.4, 0.5) is 0 Å². The zero-order chi connectivity index (χ0) is 6.69. The van der Waals surface area contributed by atoms with Crippen LogP contribution >= 0.6 is 0 Å². The monoisotopic (exact) mass is 130 g/mol. The Labute approximate surface area is 53.9 Å². The Kier molecular flexibility index (Phi) is 2.05. The molecule has 9 heavy (non-hydrogen) atoms. The van der Waals surface area contributed by atoms with Crippen molar-refractivity contribution in [1.82, 2.24) is 0 Å². The highest BCUT2D eigenvalue weighted by Gasteiger charge is 2.17. The van der Waals surface area contributed by atoms with E-state index in [1.165, 1.54) is 0 Å². The van der Waals surface area contributed by atoms with Gasteiger partial charge in [0.2, 0.25) is 0 Å². The van der Waals surface area contributed by atoms with Crippen molar-refractivity contribution in [3.8, 4) is 0 Å². The first kappa shape index (κ1) is 6.55. The highest BCUT2D eigenvalue weighted by molar-refractivity contribution is 5.71. The topological polar surface area (TPSA) is 35.5 Å². The van der Waals surface area contributed by atoms with Gasteiger partial charge in [-0.3, -0.25) is 0 Å². The van der Waals surface area contributed by atoms with Crippen LogP contribution < -0.4 is 0 Å². The van der Waals surface area contributed by atoms with E-state index in [0.29, 0.717) is 6.61 Å². The van der Waals surface area contributed by atoms with Gasteiger partial charge in [0, 0.05) is 0 Å². The number of rotatable bonds is 1. The summed E-state index contributed by atoms with van der Waals surface area (Å²) in [5, 5.41) is 0. The Hall–Kier alpha value is -0.570. The molecule has 0 saturated carbocycles. The van der Waals surface area contributed by atoms with Gasteiger partial charge in [-0.15, -0.1) is 0 Å². The maximum atomic E-state index is 10.4. The standard InChI is InChI=1S/C6H10O3/c1-2-5-3-9-6(7)4-8-5/h5H,2-4H2,1H3. The van der Waals surface area contributed by atoms with Gasteiger partial charge in [0.1, 0.15) is 13.2 Å². The molecule has 0 N–H and O–H groups in total. The van der Waals surface area contributed by atoms with Crippen molar-refractivity contribution < 1.29 is 14.3 Å². The molecule has 0 aromatic heterocycles. The van der Waals surface area contributed by atoms with E-state index in [-0.39, 0.29) is 18.7 Å². The molecule has 0 radical (unpaired) electrons. The Balaban J connectivity index is 2.26. The largest absolute Gasteiger partial charge is 0.461 e. The summed E-state index contributed by atoms with van der Waals surface area (Å²) in [4.78, 5) is 10.4. The lowest BCUT2D eigenvalue weighted by Crippen LogP contribution is -2.31. The average Bonchev–Trinajstić information content (AvgIpc) is 1.90. The highest BCUT2D eigenvalue weighted by atomic mass is 16.6. The quantitative estimate of drug-likeness (QED) is 0.480. The number of esters is 1. The van der Waals surface area contributed by atoms with Crippen LogP contribution in [0.25, 0.3) is 0 Å². The van der Waals surface area contributed by atoms with Gasteiger partial charge in [-0.25, -0.2) is 4.79 Å². The van der Waals surface area contributed by atoms with Crippen molar-refractivity contribution in [3.05, 3.63) is 0 Å². The first-order valence-electron chi connectivity index (χ1n) is 3.10. The minimum Gasteiger partial charge on any atom is -0.461 e. The number of hydrogen-bond acceptors (Lipinski definition) is 3. The smallest absolute Gasteiger partial charge is 0.332 e. The van der Waals surface area contributed by atoms with Gasteiger partial charge in [0.25, 0.3) is 0 Å². The van der Waals surface area contributed by atoms with Crippen LogP contribution in [0, 0.1) is 0 Å². The molecule has 1 aliphatic rings. The molecule has 52 valence electrons. The van der Waals surface area contributed by atoms with Crippen molar-refractivity contribution in [2.75, 3.05) is 13.2 Å². The molecule has 3 nitrogen and oxygen atoms in total. The maximum Gasteiger partial charge on any atom is 0.332 e. The summed E-state index contributed by atoms with van der Waals surface area (Å²) >= 11 is 0. The lowest BCUT2D eigenvalue weighted by molar-refractivity contribution is -0.168. The van der Waals surface area contributed by atoms with Crippen LogP contribution in [-0.4, -0.2) is 25.3 Å². The van der Waals surface area contributed by atoms with Crippen LogP contribution in [0.2, 0.25) is 0 Å². The molecule has 1 rings (SSSR count). The predicted octanol–water partition coefficient (Wildman–Crippen LogP) is 0.338. The van der Waals surface area contributed by atoms with E-state index >= 15 is 0 Å². The second-order valence-corrected chi connectivity index (χ2v) is 2.02. The Morgan fingerprint density at radius 1 is 1.78 bits per heavy atom. The van der Waals surface area contributed by atoms with Crippen molar-refractivity contribution >= 4 is 5.97 Å². The fourth-order valence-electron chi connectivity index (χ4n) is 0.697. The zero-order valence-corrected chi connectivity index (χ0v) is 5.42. The number of ether oxygens (including phenoxy) is 2. The van der Waals surface area contributed by atoms with Crippen LogP contribution in [0.5, 0.6) is 0 Å². The van der Waals surface area contributed by atoms with E-state index in [4.69, 9.17) is 9.47 Å². The lowest BCUT2D eigenvalue weighted by atomic mass is 10.3. The zero-order valence-electron chi connectivity index (χ0n) is 5.42. The summed E-state index contributed by atoms with van der Waals surface area (Å²) in [6.07, 6.45) is 1.04. The van der Waals surface area contributed by atoms with E-state index in [1.54, 1.807) is 0 Å². The van der Waals surface area contributed by atoms with Gasteiger partial charge in [0.05, 0.1) is 6.10 Å². The Morgan fingerprint density at radius 2 is 2.56 bits per heavy atom. The molecule has 1 unspecified atom stereocenters. The van der Waals surface area contributed by atoms with Gasteiger partial charge >= 0.3 is 5.97 Å². The molecular formula is C6H10O3. The number of carbonyl (C=O) groups is 1. The molecule has 0 spiro atoms. The number of hydrogen-bond donors (Lipinski definition) is 0. The van der Waals surface area contributed by atoms with Gasteiger partial charge in [0.15, 0.2) is 0 Å². The molecule has 1 saturated heterocycles. The Bertz CT molecular complexity index is 101. The van der Waals surface area contributed by atoms with Crippen molar-refractivity contribution in [2.24, 2.45) is 0 Å². The Morgan fingerprint density at radius 3 is 3.00 bits per heavy atom. The summed E-state index contributed by atoms with van der Waals surface area (Å²) < 4.78 is 9.78. The fraction of sp³-hybridized carbons (Fsp3) is 0.833. The molecule has 0 aromatic rings. The van der Waals surface area contributed by atoms with E-state index < -0.39 is 0 Å². The average molecular weight is 130 g/mol. The van der Waals surface area contributed by atoms with Crippen LogP contribution in [0.15, 0.2) is 0 Å². The molecule has 1 atom stereocenters. The summed E-state index contributed by atoms with van der Waals surface area (Å²) in [5.41, 5.74) is 0. The first-order valence-corrected chi connectivity index (χ1v) is 3.10. The summed E-state index contributed by atoms with van der Waals surface area (Å²) in [6.45, 7) is 2.55. The van der Waals surface area contributed by atoms with E-state index in [2.05, 4.69) is 0 Å². The fourth-order valence-corrected chi connectivity index (χ4v) is 0.697. The van der Waals surface area contributed by atoms with Crippen molar-refractivity contribution in [3.63, 3.8) is 0 Å². The third kappa shape index (κ3) is 1.68. The third-order valence-electron chi connectivity index (χ3n) is 1.32. The van der Waals surface area contributed by atoms with E-state index in [1.807, 2.05) is 6.92 Å². The van der Waals surface area contributed by atoms with Crippen LogP contribution in [-0.2, 0) is 14.3 Å². The first-order chi connectivity index (χ1) is 4.33. The normalized spacial score (nSPS) is 27.7. The van der Waals surface area contributed by atoms with Gasteiger partial charge in [-0.05, 0) is 6.42 Å². The molecule has 1 heterocycles. The minimum atomic E-state index is -0.250. The predicted molar refractivity (Wildman–Crippen MR) is 31.0 cm³/mol. The molecule has 0 bridgehead atoms. The molecule has 1 fully saturated rings. The van der Waals surface area contributed by atoms with Crippen LogP contribution in [0.1, 0.15) is 13.3 Å². The third-order valence-corrected chi connectivity index (χ3v) is 1.32. The van der Waals surface area contributed by atoms with E-state index in [9.17, 15) is 4.79 Å². The second-order valence-electron chi connectivity index (χ2n) is 2.02. The molecule has 0 aliphatic carbocycles. The number of carbonyl (C=O) groups excluding carboxylic acids is 1.